The molecule has 1 saturated heterocycles. The molecule has 15 heavy (non-hydrogen) atoms. The topological polar surface area (TPSA) is 75.6 Å². The van der Waals surface area contributed by atoms with E-state index in [-0.39, 0.29) is 17.5 Å². The minimum Gasteiger partial charge on any atom is -0.390 e. The number of aliphatic hydroxyl groups excluding tert-OH is 1. The van der Waals surface area contributed by atoms with E-state index >= 15 is 0 Å². The van der Waals surface area contributed by atoms with Gasteiger partial charge in [-0.1, -0.05) is 0 Å². The number of sulfone groups is 1. The van der Waals surface area contributed by atoms with Gasteiger partial charge in [0.25, 0.3) is 0 Å². The van der Waals surface area contributed by atoms with Gasteiger partial charge in [0.1, 0.15) is 0 Å². The molecular formula is C9H19NO4S. The van der Waals surface area contributed by atoms with E-state index in [9.17, 15) is 13.5 Å². The summed E-state index contributed by atoms with van der Waals surface area (Å²) >= 11 is 0. The molecule has 0 aromatic carbocycles. The van der Waals surface area contributed by atoms with E-state index in [0.29, 0.717) is 19.8 Å². The van der Waals surface area contributed by atoms with Gasteiger partial charge in [-0.3, -0.25) is 0 Å². The molecule has 90 valence electrons. The predicted molar refractivity (Wildman–Crippen MR) is 57.6 cm³/mol. The zero-order valence-electron chi connectivity index (χ0n) is 8.98. The second kappa shape index (κ2) is 5.79. The maximum Gasteiger partial charge on any atom is 0.154 e. The quantitative estimate of drug-likeness (QED) is 0.589. The summed E-state index contributed by atoms with van der Waals surface area (Å²) in [6, 6.07) is -0.309. The lowest BCUT2D eigenvalue weighted by Crippen LogP contribution is -2.39. The molecule has 2 N–H and O–H groups in total. The normalized spacial score (nSPS) is 29.5. The average molecular weight is 237 g/mol. The SMILES string of the molecule is CCOCCCN[C@@H]1CS(=O)(=O)C[C@H]1O. The van der Waals surface area contributed by atoms with Crippen molar-refractivity contribution in [3.63, 3.8) is 0 Å². The Labute approximate surface area is 90.7 Å². The Morgan fingerprint density at radius 2 is 2.20 bits per heavy atom. The van der Waals surface area contributed by atoms with Crippen molar-refractivity contribution in [2.75, 3.05) is 31.3 Å². The first-order valence-electron chi connectivity index (χ1n) is 5.25. The van der Waals surface area contributed by atoms with Crippen LogP contribution < -0.4 is 5.32 Å². The van der Waals surface area contributed by atoms with Gasteiger partial charge in [0.15, 0.2) is 9.84 Å². The van der Waals surface area contributed by atoms with Crippen LogP contribution >= 0.6 is 0 Å². The van der Waals surface area contributed by atoms with Gasteiger partial charge < -0.3 is 15.2 Å². The number of hydrogen-bond donors (Lipinski definition) is 2. The Hall–Kier alpha value is -0.170. The van der Waals surface area contributed by atoms with Gasteiger partial charge in [-0.2, -0.15) is 0 Å². The molecular weight excluding hydrogens is 218 g/mol. The van der Waals surface area contributed by atoms with Gasteiger partial charge in [0.05, 0.1) is 17.6 Å². The van der Waals surface area contributed by atoms with E-state index in [0.717, 1.165) is 6.42 Å². The third-order valence-electron chi connectivity index (χ3n) is 2.40. The van der Waals surface area contributed by atoms with Crippen molar-refractivity contribution in [2.45, 2.75) is 25.5 Å². The molecule has 0 aliphatic carbocycles. The fourth-order valence-electron chi connectivity index (χ4n) is 1.63. The summed E-state index contributed by atoms with van der Waals surface area (Å²) in [7, 11) is -3.04. The van der Waals surface area contributed by atoms with Crippen LogP contribution in [-0.4, -0.2) is 56.9 Å². The van der Waals surface area contributed by atoms with E-state index in [4.69, 9.17) is 4.74 Å². The fourth-order valence-corrected chi connectivity index (χ4v) is 3.41. The highest BCUT2D eigenvalue weighted by Gasteiger charge is 2.35. The van der Waals surface area contributed by atoms with E-state index in [1.54, 1.807) is 0 Å². The molecule has 0 radical (unpaired) electrons. The largest absolute Gasteiger partial charge is 0.390 e. The lowest BCUT2D eigenvalue weighted by Gasteiger charge is -2.14. The summed E-state index contributed by atoms with van der Waals surface area (Å²) in [6.07, 6.45) is 0.0685. The average Bonchev–Trinajstić information content (AvgIpc) is 2.39. The summed E-state index contributed by atoms with van der Waals surface area (Å²) in [4.78, 5) is 0. The molecule has 5 nitrogen and oxygen atoms in total. The smallest absolute Gasteiger partial charge is 0.154 e. The third-order valence-corrected chi connectivity index (χ3v) is 4.12. The fraction of sp³-hybridized carbons (Fsp3) is 1.00. The van der Waals surface area contributed by atoms with Crippen LogP contribution in [0.4, 0.5) is 0 Å². The minimum absolute atomic E-state index is 0.0444. The molecule has 6 heteroatoms. The van der Waals surface area contributed by atoms with Crippen molar-refractivity contribution < 1.29 is 18.3 Å². The van der Waals surface area contributed by atoms with Crippen molar-refractivity contribution in [1.82, 2.24) is 5.32 Å². The number of rotatable bonds is 6. The Morgan fingerprint density at radius 1 is 1.47 bits per heavy atom. The molecule has 1 rings (SSSR count). The molecule has 1 heterocycles. The van der Waals surface area contributed by atoms with Crippen LogP contribution in [0.3, 0.4) is 0 Å². The highest BCUT2D eigenvalue weighted by atomic mass is 32.2. The number of ether oxygens (including phenoxy) is 1. The molecule has 1 aliphatic rings. The van der Waals surface area contributed by atoms with Crippen molar-refractivity contribution in [2.24, 2.45) is 0 Å². The second-order valence-corrected chi connectivity index (χ2v) is 5.91. The van der Waals surface area contributed by atoms with E-state index in [2.05, 4.69) is 5.32 Å². The molecule has 0 unspecified atom stereocenters. The lowest BCUT2D eigenvalue weighted by atomic mass is 10.2. The zero-order valence-corrected chi connectivity index (χ0v) is 9.79. The first-order chi connectivity index (χ1) is 7.05. The summed E-state index contributed by atoms with van der Waals surface area (Å²) in [5, 5.41) is 12.5. The first-order valence-corrected chi connectivity index (χ1v) is 7.07. The maximum atomic E-state index is 11.2. The molecule has 0 amide bonds. The Balaban J connectivity index is 2.17. The molecule has 0 saturated carbocycles. The number of hydrogen-bond acceptors (Lipinski definition) is 5. The van der Waals surface area contributed by atoms with Crippen LogP contribution in [-0.2, 0) is 14.6 Å². The van der Waals surface area contributed by atoms with Crippen LogP contribution in [0, 0.1) is 0 Å². The Kier molecular flexibility index (Phi) is 4.98. The van der Waals surface area contributed by atoms with Crippen LogP contribution in [0.1, 0.15) is 13.3 Å². The standard InChI is InChI=1S/C9H19NO4S/c1-2-14-5-3-4-10-8-6-15(12,13)7-9(8)11/h8-11H,2-7H2,1H3/t8-,9-/m1/s1. The second-order valence-electron chi connectivity index (χ2n) is 3.76. The number of aliphatic hydroxyl groups is 1. The molecule has 0 aromatic heterocycles. The van der Waals surface area contributed by atoms with Crippen molar-refractivity contribution >= 4 is 9.84 Å². The van der Waals surface area contributed by atoms with Crippen LogP contribution in [0.15, 0.2) is 0 Å². The van der Waals surface area contributed by atoms with Gasteiger partial charge >= 0.3 is 0 Å². The van der Waals surface area contributed by atoms with E-state index in [1.807, 2.05) is 6.92 Å². The molecule has 0 bridgehead atoms. The van der Waals surface area contributed by atoms with Gasteiger partial charge in [0.2, 0.25) is 0 Å². The van der Waals surface area contributed by atoms with E-state index in [1.165, 1.54) is 0 Å². The predicted octanol–water partition coefficient (Wildman–Crippen LogP) is -0.839. The lowest BCUT2D eigenvalue weighted by molar-refractivity contribution is 0.137. The van der Waals surface area contributed by atoms with Crippen molar-refractivity contribution in [3.05, 3.63) is 0 Å². The summed E-state index contributed by atoms with van der Waals surface area (Å²) in [6.45, 7) is 3.97. The van der Waals surface area contributed by atoms with E-state index < -0.39 is 15.9 Å². The summed E-state index contributed by atoms with van der Waals surface area (Å²) in [5.41, 5.74) is 0. The van der Waals surface area contributed by atoms with Crippen molar-refractivity contribution in [1.29, 1.82) is 0 Å². The minimum atomic E-state index is -3.04. The summed E-state index contributed by atoms with van der Waals surface area (Å²) < 4.78 is 27.5. The molecule has 0 aromatic rings. The molecule has 0 spiro atoms. The first kappa shape index (κ1) is 12.9. The van der Waals surface area contributed by atoms with Crippen LogP contribution in [0.2, 0.25) is 0 Å². The van der Waals surface area contributed by atoms with Gasteiger partial charge in [0, 0.05) is 19.3 Å². The van der Waals surface area contributed by atoms with Gasteiger partial charge in [-0.25, -0.2) is 8.42 Å². The zero-order chi connectivity index (χ0) is 11.3. The molecule has 1 aliphatic heterocycles. The molecule has 2 atom stereocenters. The number of nitrogens with one attached hydrogen (secondary N) is 1. The van der Waals surface area contributed by atoms with Crippen LogP contribution in [0.25, 0.3) is 0 Å². The maximum absolute atomic E-state index is 11.2. The van der Waals surface area contributed by atoms with Gasteiger partial charge in [-0.15, -0.1) is 0 Å². The van der Waals surface area contributed by atoms with Gasteiger partial charge in [-0.05, 0) is 19.9 Å². The van der Waals surface area contributed by atoms with Crippen molar-refractivity contribution in [3.8, 4) is 0 Å². The highest BCUT2D eigenvalue weighted by molar-refractivity contribution is 7.91. The Morgan fingerprint density at radius 3 is 2.73 bits per heavy atom. The van der Waals surface area contributed by atoms with Crippen LogP contribution in [0.5, 0.6) is 0 Å². The highest BCUT2D eigenvalue weighted by Crippen LogP contribution is 2.12. The monoisotopic (exact) mass is 237 g/mol. The Bertz CT molecular complexity index is 278. The third kappa shape index (κ3) is 4.46. The summed E-state index contributed by atoms with van der Waals surface area (Å²) in [5.74, 6) is -0.0705. The molecule has 1 fully saturated rings.